The summed E-state index contributed by atoms with van der Waals surface area (Å²) in [5, 5.41) is 19.2. The van der Waals surface area contributed by atoms with Gasteiger partial charge in [0.15, 0.2) is 0 Å². The van der Waals surface area contributed by atoms with Crippen LogP contribution in [-0.4, -0.2) is 28.7 Å². The molecule has 0 aromatic rings. The summed E-state index contributed by atoms with van der Waals surface area (Å²) in [6, 6.07) is 0. The van der Waals surface area contributed by atoms with Gasteiger partial charge >= 0.3 is 11.9 Å². The summed E-state index contributed by atoms with van der Waals surface area (Å²) >= 11 is 0. The van der Waals surface area contributed by atoms with Gasteiger partial charge in [0.05, 0.1) is 0 Å². The fraction of sp³-hybridized carbons (Fsp3) is 0.444. The highest BCUT2D eigenvalue weighted by atomic mass is 16.4. The molecule has 0 radical (unpaired) electrons. The zero-order chi connectivity index (χ0) is 16.8. The summed E-state index contributed by atoms with van der Waals surface area (Å²) in [6.07, 6.45) is 12.3. The largest absolute Gasteiger partial charge is 0.478 e. The topological polar surface area (TPSA) is 122 Å². The summed E-state index contributed by atoms with van der Waals surface area (Å²) < 4.78 is 0. The Hall–Kier alpha value is -2.34. The van der Waals surface area contributed by atoms with Gasteiger partial charge < -0.3 is 21.7 Å². The first-order valence-electron chi connectivity index (χ1n) is 8.05. The molecule has 1 fully saturated rings. The predicted molar refractivity (Wildman–Crippen MR) is 92.9 cm³/mol. The summed E-state index contributed by atoms with van der Waals surface area (Å²) in [6.45, 7) is 3.46. The molecular weight excluding hydrogens is 308 g/mol. The lowest BCUT2D eigenvalue weighted by molar-refractivity contribution is -0.134. The molecule has 1 heterocycles. The minimum absolute atomic E-state index is 0. The van der Waals surface area contributed by atoms with Crippen molar-refractivity contribution in [1.29, 1.82) is 0 Å². The Bertz CT molecular complexity index is 599. The molecule has 1 aliphatic heterocycles. The van der Waals surface area contributed by atoms with Gasteiger partial charge in [-0.15, -0.1) is 0 Å². The molecule has 0 bridgehead atoms. The summed E-state index contributed by atoms with van der Waals surface area (Å²) in [5.74, 6) is -1.67. The van der Waals surface area contributed by atoms with Crippen molar-refractivity contribution in [3.63, 3.8) is 0 Å². The fourth-order valence-electron chi connectivity index (χ4n) is 3.33. The van der Waals surface area contributed by atoms with E-state index in [4.69, 9.17) is 10.2 Å². The van der Waals surface area contributed by atoms with E-state index in [0.717, 1.165) is 5.92 Å². The van der Waals surface area contributed by atoms with Gasteiger partial charge in [-0.1, -0.05) is 25.5 Å². The number of carboxylic acid groups (broad SMARTS) is 2. The van der Waals surface area contributed by atoms with Gasteiger partial charge in [0.25, 0.3) is 0 Å². The Balaban J connectivity index is 0.000000279. The monoisotopic (exact) mass is 334 g/mol. The number of carbonyl (C=O) groups is 2. The molecule has 0 saturated carbocycles. The van der Waals surface area contributed by atoms with Crippen molar-refractivity contribution in [2.75, 3.05) is 6.54 Å². The quantitative estimate of drug-likeness (QED) is 0.586. The average molecular weight is 334 g/mol. The summed E-state index contributed by atoms with van der Waals surface area (Å²) in [5.41, 5.74) is 6.36. The van der Waals surface area contributed by atoms with Crippen LogP contribution in [0.4, 0.5) is 0 Å². The molecule has 132 valence electrons. The van der Waals surface area contributed by atoms with Gasteiger partial charge in [-0.2, -0.15) is 0 Å². The van der Waals surface area contributed by atoms with E-state index in [0.29, 0.717) is 12.2 Å². The third-order valence-electron chi connectivity index (χ3n) is 4.26. The van der Waals surface area contributed by atoms with Crippen LogP contribution in [0.5, 0.6) is 0 Å². The second-order valence-electron chi connectivity index (χ2n) is 5.88. The zero-order valence-corrected chi connectivity index (χ0v) is 14.0. The number of allylic oxidation sites excluding steroid dienone is 6. The van der Waals surface area contributed by atoms with E-state index >= 15 is 0 Å². The highest BCUT2D eigenvalue weighted by Crippen LogP contribution is 2.43. The molecule has 3 rings (SSSR count). The molecule has 6 nitrogen and oxygen atoms in total. The Morgan fingerprint density at radius 3 is 2.46 bits per heavy atom. The van der Waals surface area contributed by atoms with E-state index in [1.54, 1.807) is 22.4 Å². The molecule has 1 saturated heterocycles. The predicted octanol–water partition coefficient (Wildman–Crippen LogP) is 3.18. The molecule has 24 heavy (non-hydrogen) atoms. The Kier molecular flexibility index (Phi) is 7.45. The molecule has 0 aromatic carbocycles. The molecule has 0 amide bonds. The maximum Gasteiger partial charge on any atom is 0.328 e. The van der Waals surface area contributed by atoms with Crippen LogP contribution in [0.15, 0.2) is 46.7 Å². The fourth-order valence-corrected chi connectivity index (χ4v) is 3.33. The van der Waals surface area contributed by atoms with Crippen LogP contribution in [0.3, 0.4) is 0 Å². The standard InChI is InChI=1S/C14H19N.C4H4O4.H3N/c1-2-3-10-4-5-11-6-7-12-8-9-15-14(12)13(10)11;5-3(6)1-2-4(7)8;/h4-5,12,15H,2-3,6-9H2,1H3;1-2H,(H,5,6)(H,7,8);1H3. The maximum atomic E-state index is 9.55. The molecule has 3 aliphatic rings. The summed E-state index contributed by atoms with van der Waals surface area (Å²) in [4.78, 5) is 19.1. The summed E-state index contributed by atoms with van der Waals surface area (Å²) in [7, 11) is 0. The lowest BCUT2D eigenvalue weighted by atomic mass is 9.82. The molecule has 2 aliphatic carbocycles. The van der Waals surface area contributed by atoms with E-state index < -0.39 is 11.9 Å². The maximum absolute atomic E-state index is 9.55. The van der Waals surface area contributed by atoms with Crippen molar-refractivity contribution in [2.24, 2.45) is 5.92 Å². The highest BCUT2D eigenvalue weighted by molar-refractivity contribution is 5.89. The van der Waals surface area contributed by atoms with Crippen molar-refractivity contribution in [3.8, 4) is 0 Å². The first-order valence-corrected chi connectivity index (χ1v) is 8.05. The van der Waals surface area contributed by atoms with Gasteiger partial charge in [0, 0.05) is 35.9 Å². The van der Waals surface area contributed by atoms with Crippen molar-refractivity contribution < 1.29 is 19.8 Å². The normalized spacial score (nSPS) is 20.8. The SMILES string of the molecule is CCCC1=CC=C2CCC3CCNC3=C12.N.O=C(O)C=CC(=O)O. The molecule has 0 aromatic heterocycles. The van der Waals surface area contributed by atoms with Crippen LogP contribution in [0.1, 0.15) is 39.0 Å². The van der Waals surface area contributed by atoms with Crippen molar-refractivity contribution in [1.82, 2.24) is 11.5 Å². The van der Waals surface area contributed by atoms with E-state index in [1.807, 2.05) is 0 Å². The van der Waals surface area contributed by atoms with Crippen LogP contribution in [0, 0.1) is 5.92 Å². The van der Waals surface area contributed by atoms with Gasteiger partial charge in [0.1, 0.15) is 0 Å². The lowest BCUT2D eigenvalue weighted by Crippen LogP contribution is -2.16. The van der Waals surface area contributed by atoms with E-state index in [9.17, 15) is 9.59 Å². The number of rotatable bonds is 4. The second-order valence-corrected chi connectivity index (χ2v) is 5.88. The van der Waals surface area contributed by atoms with Gasteiger partial charge in [0.2, 0.25) is 0 Å². The Morgan fingerprint density at radius 1 is 1.21 bits per heavy atom. The molecule has 6 heteroatoms. The lowest BCUT2D eigenvalue weighted by Gasteiger charge is -2.24. The van der Waals surface area contributed by atoms with Crippen molar-refractivity contribution in [2.45, 2.75) is 39.0 Å². The van der Waals surface area contributed by atoms with Crippen LogP contribution in [0.25, 0.3) is 0 Å². The molecule has 0 spiro atoms. The number of hydrogen-bond donors (Lipinski definition) is 4. The molecular formula is C18H26N2O4. The smallest absolute Gasteiger partial charge is 0.328 e. The van der Waals surface area contributed by atoms with Crippen LogP contribution in [-0.2, 0) is 9.59 Å². The molecule has 1 atom stereocenters. The molecule has 6 N–H and O–H groups in total. The second kappa shape index (κ2) is 9.08. The number of aliphatic carboxylic acids is 2. The third kappa shape index (κ3) is 4.83. The Morgan fingerprint density at radius 2 is 1.88 bits per heavy atom. The van der Waals surface area contributed by atoms with E-state index in [1.165, 1.54) is 38.6 Å². The number of hydrogen-bond acceptors (Lipinski definition) is 4. The first kappa shape index (κ1) is 19.7. The van der Waals surface area contributed by atoms with Crippen LogP contribution < -0.4 is 11.5 Å². The molecule has 1 unspecified atom stereocenters. The van der Waals surface area contributed by atoms with Crippen molar-refractivity contribution in [3.05, 3.63) is 46.7 Å². The number of fused-ring (bicyclic) bond motifs is 2. The highest BCUT2D eigenvalue weighted by Gasteiger charge is 2.32. The Labute approximate surface area is 142 Å². The number of nitrogens with one attached hydrogen (secondary N) is 1. The van der Waals surface area contributed by atoms with Gasteiger partial charge in [-0.05, 0) is 36.8 Å². The average Bonchev–Trinajstić information content (AvgIpc) is 3.12. The van der Waals surface area contributed by atoms with Crippen molar-refractivity contribution >= 4 is 11.9 Å². The first-order chi connectivity index (χ1) is 11.0. The number of carboxylic acids is 2. The van der Waals surface area contributed by atoms with E-state index in [2.05, 4.69) is 24.4 Å². The third-order valence-corrected chi connectivity index (χ3v) is 4.26. The minimum atomic E-state index is -1.26. The minimum Gasteiger partial charge on any atom is -0.478 e. The zero-order valence-electron chi connectivity index (χ0n) is 14.0. The van der Waals surface area contributed by atoms with Gasteiger partial charge in [-0.25, -0.2) is 9.59 Å². The van der Waals surface area contributed by atoms with Crippen LogP contribution in [0.2, 0.25) is 0 Å². The van der Waals surface area contributed by atoms with Gasteiger partial charge in [-0.3, -0.25) is 0 Å². The van der Waals surface area contributed by atoms with E-state index in [-0.39, 0.29) is 6.15 Å². The van der Waals surface area contributed by atoms with Crippen LogP contribution >= 0.6 is 0 Å².